The van der Waals surface area contributed by atoms with Crippen LogP contribution in [0.4, 0.5) is 4.79 Å². The Kier molecular flexibility index (Phi) is 4.64. The van der Waals surface area contributed by atoms with Gasteiger partial charge in [0.15, 0.2) is 0 Å². The molecular formula is C8H13ClN2O4. The number of likely N-dealkylation sites (tertiary alicyclic amines) is 1. The number of halogens is 1. The highest BCUT2D eigenvalue weighted by molar-refractivity contribution is 6.27. The Balaban J connectivity index is 2.25. The molecule has 7 heteroatoms. The van der Waals surface area contributed by atoms with Gasteiger partial charge in [0, 0.05) is 13.1 Å². The third-order valence-corrected chi connectivity index (χ3v) is 2.34. The SMILES string of the molecule is O=C(CCl)NOC(=O)N1CCC(O)CC1. The van der Waals surface area contributed by atoms with E-state index in [-0.39, 0.29) is 12.0 Å². The van der Waals surface area contributed by atoms with Crippen LogP contribution in [-0.2, 0) is 9.63 Å². The van der Waals surface area contributed by atoms with Crippen LogP contribution in [0.15, 0.2) is 0 Å². The van der Waals surface area contributed by atoms with E-state index in [4.69, 9.17) is 11.6 Å². The molecule has 15 heavy (non-hydrogen) atoms. The number of nitrogens with one attached hydrogen (secondary N) is 1. The van der Waals surface area contributed by atoms with Crippen LogP contribution in [0.5, 0.6) is 0 Å². The molecule has 2 N–H and O–H groups in total. The van der Waals surface area contributed by atoms with Gasteiger partial charge in [0.25, 0.3) is 5.91 Å². The predicted octanol–water partition coefficient (Wildman–Crippen LogP) is -0.150. The Labute approximate surface area is 92.1 Å². The van der Waals surface area contributed by atoms with Gasteiger partial charge in [-0.15, -0.1) is 11.6 Å². The van der Waals surface area contributed by atoms with E-state index >= 15 is 0 Å². The highest BCUT2D eigenvalue weighted by Crippen LogP contribution is 2.10. The molecule has 1 rings (SSSR count). The van der Waals surface area contributed by atoms with E-state index in [1.54, 1.807) is 0 Å². The molecule has 86 valence electrons. The van der Waals surface area contributed by atoms with Gasteiger partial charge in [0.2, 0.25) is 0 Å². The summed E-state index contributed by atoms with van der Waals surface area (Å²) in [5.41, 5.74) is 1.92. The summed E-state index contributed by atoms with van der Waals surface area (Å²) in [5, 5.41) is 9.20. The fourth-order valence-electron chi connectivity index (χ4n) is 1.24. The number of amides is 2. The first-order valence-corrected chi connectivity index (χ1v) is 5.15. The quantitative estimate of drug-likeness (QED) is 0.490. The van der Waals surface area contributed by atoms with Gasteiger partial charge in [-0.1, -0.05) is 0 Å². The van der Waals surface area contributed by atoms with E-state index in [2.05, 4.69) is 4.84 Å². The van der Waals surface area contributed by atoms with E-state index in [0.29, 0.717) is 25.9 Å². The van der Waals surface area contributed by atoms with Crippen molar-refractivity contribution < 1.29 is 19.5 Å². The third-order valence-electron chi connectivity index (χ3n) is 2.10. The second-order valence-electron chi connectivity index (χ2n) is 3.25. The average molecular weight is 237 g/mol. The lowest BCUT2D eigenvalue weighted by Crippen LogP contribution is -2.43. The Hall–Kier alpha value is -1.01. The number of piperidine rings is 1. The van der Waals surface area contributed by atoms with E-state index in [1.807, 2.05) is 5.48 Å². The minimum Gasteiger partial charge on any atom is -0.393 e. The minimum absolute atomic E-state index is 0.258. The molecule has 6 nitrogen and oxygen atoms in total. The molecule has 0 aromatic rings. The van der Waals surface area contributed by atoms with Gasteiger partial charge < -0.3 is 14.8 Å². The summed E-state index contributed by atoms with van der Waals surface area (Å²) in [6, 6.07) is 0. The average Bonchev–Trinajstić information content (AvgIpc) is 2.26. The second kappa shape index (κ2) is 5.77. The number of carbonyl (C=O) groups excluding carboxylic acids is 2. The molecule has 1 aliphatic heterocycles. The molecule has 1 aliphatic rings. The highest BCUT2D eigenvalue weighted by atomic mass is 35.5. The molecule has 0 aromatic heterocycles. The zero-order chi connectivity index (χ0) is 11.3. The van der Waals surface area contributed by atoms with Crippen molar-refractivity contribution in [3.05, 3.63) is 0 Å². The van der Waals surface area contributed by atoms with Crippen molar-refractivity contribution in [2.45, 2.75) is 18.9 Å². The van der Waals surface area contributed by atoms with Crippen LogP contribution in [0.3, 0.4) is 0 Å². The van der Waals surface area contributed by atoms with E-state index < -0.39 is 12.0 Å². The first-order valence-electron chi connectivity index (χ1n) is 4.62. The summed E-state index contributed by atoms with van der Waals surface area (Å²) in [5.74, 6) is -0.825. The van der Waals surface area contributed by atoms with Crippen LogP contribution >= 0.6 is 11.6 Å². The summed E-state index contributed by atoms with van der Waals surface area (Å²) in [7, 11) is 0. The van der Waals surface area contributed by atoms with Crippen LogP contribution in [-0.4, -0.2) is 47.1 Å². The van der Waals surface area contributed by atoms with E-state index in [0.717, 1.165) is 0 Å². The number of alkyl halides is 1. The number of aliphatic hydroxyl groups is 1. The van der Waals surface area contributed by atoms with Crippen LogP contribution in [0, 0.1) is 0 Å². The van der Waals surface area contributed by atoms with Crippen molar-refractivity contribution in [3.8, 4) is 0 Å². The van der Waals surface area contributed by atoms with E-state index in [9.17, 15) is 14.7 Å². The summed E-state index contributed by atoms with van der Waals surface area (Å²) >= 11 is 5.19. The fourth-order valence-corrected chi connectivity index (χ4v) is 1.30. The molecule has 0 aliphatic carbocycles. The van der Waals surface area contributed by atoms with Crippen molar-refractivity contribution in [2.75, 3.05) is 19.0 Å². The summed E-state index contributed by atoms with van der Waals surface area (Å²) in [6.07, 6.45) is 0.0729. The van der Waals surface area contributed by atoms with Crippen LogP contribution < -0.4 is 5.48 Å². The van der Waals surface area contributed by atoms with Gasteiger partial charge in [-0.25, -0.2) is 4.79 Å². The Morgan fingerprint density at radius 2 is 2.07 bits per heavy atom. The molecule has 1 saturated heterocycles. The zero-order valence-electron chi connectivity index (χ0n) is 8.11. The van der Waals surface area contributed by atoms with Gasteiger partial charge >= 0.3 is 6.09 Å². The molecule has 0 aromatic carbocycles. The van der Waals surface area contributed by atoms with Crippen molar-refractivity contribution in [1.29, 1.82) is 0 Å². The Morgan fingerprint density at radius 3 is 2.60 bits per heavy atom. The van der Waals surface area contributed by atoms with Gasteiger partial charge in [-0.05, 0) is 12.8 Å². The normalized spacial score (nSPS) is 17.3. The third kappa shape index (κ3) is 3.93. The van der Waals surface area contributed by atoms with Gasteiger partial charge in [0.05, 0.1) is 6.10 Å². The lowest BCUT2D eigenvalue weighted by atomic mass is 10.1. The zero-order valence-corrected chi connectivity index (χ0v) is 8.87. The number of hydrogen-bond acceptors (Lipinski definition) is 4. The van der Waals surface area contributed by atoms with Crippen molar-refractivity contribution in [2.24, 2.45) is 0 Å². The molecule has 0 radical (unpaired) electrons. The molecule has 0 saturated carbocycles. The van der Waals surface area contributed by atoms with Crippen molar-refractivity contribution in [1.82, 2.24) is 10.4 Å². The number of rotatable bonds is 1. The van der Waals surface area contributed by atoms with Crippen LogP contribution in [0.25, 0.3) is 0 Å². The van der Waals surface area contributed by atoms with Gasteiger partial charge in [-0.3, -0.25) is 4.79 Å². The van der Waals surface area contributed by atoms with Crippen molar-refractivity contribution in [3.63, 3.8) is 0 Å². The Bertz CT molecular complexity index is 241. The number of nitrogens with zero attached hydrogens (tertiary/aromatic N) is 1. The minimum atomic E-state index is -0.625. The molecule has 0 spiro atoms. The summed E-state index contributed by atoms with van der Waals surface area (Å²) in [4.78, 5) is 27.9. The highest BCUT2D eigenvalue weighted by Gasteiger charge is 2.22. The first kappa shape index (κ1) is 12.1. The predicted molar refractivity (Wildman–Crippen MR) is 52.2 cm³/mol. The second-order valence-corrected chi connectivity index (χ2v) is 3.51. The first-order chi connectivity index (χ1) is 7.13. The molecule has 0 atom stereocenters. The smallest absolute Gasteiger partial charge is 0.393 e. The van der Waals surface area contributed by atoms with Gasteiger partial charge in [0.1, 0.15) is 5.88 Å². The maximum absolute atomic E-state index is 11.3. The van der Waals surface area contributed by atoms with Gasteiger partial charge in [-0.2, -0.15) is 5.48 Å². The number of hydrogen-bond donors (Lipinski definition) is 2. The maximum atomic E-state index is 11.3. The van der Waals surface area contributed by atoms with Crippen molar-refractivity contribution >= 4 is 23.6 Å². The molecule has 1 fully saturated rings. The fraction of sp³-hybridized carbons (Fsp3) is 0.750. The number of hydroxylamine groups is 1. The summed E-state index contributed by atoms with van der Waals surface area (Å²) < 4.78 is 0. The topological polar surface area (TPSA) is 78.9 Å². The molecular weight excluding hydrogens is 224 g/mol. The Morgan fingerprint density at radius 1 is 1.47 bits per heavy atom. The lowest BCUT2D eigenvalue weighted by Gasteiger charge is -2.28. The van der Waals surface area contributed by atoms with E-state index in [1.165, 1.54) is 4.90 Å². The molecule has 1 heterocycles. The summed E-state index contributed by atoms with van der Waals surface area (Å²) in [6.45, 7) is 0.855. The molecule has 0 bridgehead atoms. The molecule has 0 unspecified atom stereocenters. The lowest BCUT2D eigenvalue weighted by molar-refractivity contribution is -0.127. The standard InChI is InChI=1S/C8H13ClN2O4/c9-5-7(13)10-15-8(14)11-3-1-6(12)2-4-11/h6,12H,1-5H2,(H,10,13). The largest absolute Gasteiger partial charge is 0.434 e. The van der Waals surface area contributed by atoms with Crippen LogP contribution in [0.1, 0.15) is 12.8 Å². The number of carbonyl (C=O) groups is 2. The number of aliphatic hydroxyl groups excluding tert-OH is 1. The molecule has 2 amide bonds. The van der Waals surface area contributed by atoms with Crippen LogP contribution in [0.2, 0.25) is 0 Å². The monoisotopic (exact) mass is 236 g/mol. The maximum Gasteiger partial charge on any atom is 0.434 e.